The van der Waals surface area contributed by atoms with E-state index >= 15 is 0 Å². The van der Waals surface area contributed by atoms with Crippen molar-refractivity contribution in [3.63, 3.8) is 0 Å². The lowest BCUT2D eigenvalue weighted by Crippen LogP contribution is -2.12. The molecule has 0 saturated heterocycles. The summed E-state index contributed by atoms with van der Waals surface area (Å²) in [5, 5.41) is 9.06. The highest BCUT2D eigenvalue weighted by Gasteiger charge is 2.36. The number of rotatable bonds is 1. The molecule has 98 valence electrons. The second-order valence-electron chi connectivity index (χ2n) is 3.22. The monoisotopic (exact) mass is 252 g/mol. The highest BCUT2D eigenvalue weighted by molar-refractivity contribution is 5.44. The zero-order valence-electron chi connectivity index (χ0n) is 10.2. The number of aromatic hydroxyl groups is 1. The van der Waals surface area contributed by atoms with Crippen LogP contribution in [0.15, 0.2) is 6.07 Å². The SMILES string of the molecule is CC.CCc1cc(O)c(F)c(C)c1C(F)(F)F. The van der Waals surface area contributed by atoms with Crippen LogP contribution < -0.4 is 0 Å². The predicted molar refractivity (Wildman–Crippen MR) is 58.5 cm³/mol. The van der Waals surface area contributed by atoms with Crippen LogP contribution in [-0.4, -0.2) is 5.11 Å². The van der Waals surface area contributed by atoms with Gasteiger partial charge in [0, 0.05) is 5.56 Å². The van der Waals surface area contributed by atoms with Gasteiger partial charge in [0.15, 0.2) is 11.6 Å². The Hall–Kier alpha value is -1.26. The molecule has 0 fully saturated rings. The van der Waals surface area contributed by atoms with Crippen molar-refractivity contribution in [1.29, 1.82) is 0 Å². The lowest BCUT2D eigenvalue weighted by molar-refractivity contribution is -0.138. The Morgan fingerprint density at radius 1 is 1.24 bits per heavy atom. The van der Waals surface area contributed by atoms with E-state index in [9.17, 15) is 17.6 Å². The molecule has 0 bridgehead atoms. The number of hydrogen-bond donors (Lipinski definition) is 1. The average Bonchev–Trinajstić information content (AvgIpc) is 2.26. The van der Waals surface area contributed by atoms with Crippen molar-refractivity contribution in [3.8, 4) is 5.75 Å². The van der Waals surface area contributed by atoms with Gasteiger partial charge in [-0.1, -0.05) is 20.8 Å². The van der Waals surface area contributed by atoms with Gasteiger partial charge in [0.25, 0.3) is 0 Å². The molecule has 0 spiro atoms. The van der Waals surface area contributed by atoms with E-state index in [1.807, 2.05) is 13.8 Å². The summed E-state index contributed by atoms with van der Waals surface area (Å²) in [6.07, 6.45) is -4.51. The number of phenolic OH excluding ortho intramolecular Hbond substituents is 1. The molecule has 0 saturated carbocycles. The van der Waals surface area contributed by atoms with Crippen molar-refractivity contribution in [2.75, 3.05) is 0 Å². The molecule has 1 aromatic carbocycles. The number of hydrogen-bond acceptors (Lipinski definition) is 1. The molecule has 0 radical (unpaired) electrons. The molecule has 0 aliphatic rings. The van der Waals surface area contributed by atoms with Gasteiger partial charge in [0.05, 0.1) is 5.56 Å². The third-order valence-electron chi connectivity index (χ3n) is 2.23. The fourth-order valence-electron chi connectivity index (χ4n) is 1.52. The highest BCUT2D eigenvalue weighted by atomic mass is 19.4. The molecular weight excluding hydrogens is 236 g/mol. The highest BCUT2D eigenvalue weighted by Crippen LogP contribution is 2.38. The van der Waals surface area contributed by atoms with Crippen LogP contribution in [0.4, 0.5) is 17.6 Å². The lowest BCUT2D eigenvalue weighted by Gasteiger charge is -2.16. The Kier molecular flexibility index (Phi) is 5.45. The molecule has 0 aromatic heterocycles. The van der Waals surface area contributed by atoms with Crippen molar-refractivity contribution < 1.29 is 22.7 Å². The fraction of sp³-hybridized carbons (Fsp3) is 0.500. The minimum atomic E-state index is -4.59. The normalized spacial score (nSPS) is 10.8. The minimum Gasteiger partial charge on any atom is -0.505 e. The lowest BCUT2D eigenvalue weighted by atomic mass is 9.98. The van der Waals surface area contributed by atoms with Crippen molar-refractivity contribution in [2.24, 2.45) is 0 Å². The maximum Gasteiger partial charge on any atom is 0.417 e. The van der Waals surface area contributed by atoms with Gasteiger partial charge in [-0.25, -0.2) is 4.39 Å². The summed E-state index contributed by atoms with van der Waals surface area (Å²) in [6, 6.07) is 0.825. The molecule has 1 aromatic rings. The molecular formula is C12H16F4O. The molecule has 0 aliphatic carbocycles. The average molecular weight is 252 g/mol. The van der Waals surface area contributed by atoms with Crippen molar-refractivity contribution in [2.45, 2.75) is 40.3 Å². The Morgan fingerprint density at radius 3 is 2.06 bits per heavy atom. The largest absolute Gasteiger partial charge is 0.505 e. The predicted octanol–water partition coefficient (Wildman–Crippen LogP) is 4.45. The quantitative estimate of drug-likeness (QED) is 0.732. The van der Waals surface area contributed by atoms with Gasteiger partial charge in [0.1, 0.15) is 0 Å². The minimum absolute atomic E-state index is 0.0868. The van der Waals surface area contributed by atoms with Crippen molar-refractivity contribution >= 4 is 0 Å². The third-order valence-corrected chi connectivity index (χ3v) is 2.23. The van der Waals surface area contributed by atoms with Gasteiger partial charge in [-0.05, 0) is 25.0 Å². The Bertz CT molecular complexity index is 383. The molecule has 1 N–H and O–H groups in total. The number of aryl methyl sites for hydroxylation is 1. The Morgan fingerprint density at radius 2 is 1.71 bits per heavy atom. The van der Waals surface area contributed by atoms with E-state index in [0.717, 1.165) is 13.0 Å². The summed E-state index contributed by atoms with van der Waals surface area (Å²) in [4.78, 5) is 0. The summed E-state index contributed by atoms with van der Waals surface area (Å²) < 4.78 is 50.8. The second kappa shape index (κ2) is 5.89. The van der Waals surface area contributed by atoms with Crippen LogP contribution in [0.25, 0.3) is 0 Å². The zero-order valence-corrected chi connectivity index (χ0v) is 10.2. The summed E-state index contributed by atoms with van der Waals surface area (Å²) in [5.74, 6) is -1.95. The summed E-state index contributed by atoms with van der Waals surface area (Å²) in [6.45, 7) is 6.53. The van der Waals surface area contributed by atoms with Gasteiger partial charge in [-0.2, -0.15) is 13.2 Å². The van der Waals surface area contributed by atoms with Gasteiger partial charge < -0.3 is 5.11 Å². The third kappa shape index (κ3) is 3.35. The van der Waals surface area contributed by atoms with E-state index in [0.29, 0.717) is 0 Å². The number of alkyl halides is 3. The van der Waals surface area contributed by atoms with Crippen LogP contribution >= 0.6 is 0 Å². The zero-order chi connectivity index (χ0) is 13.8. The van der Waals surface area contributed by atoms with Gasteiger partial charge in [-0.3, -0.25) is 0 Å². The molecule has 17 heavy (non-hydrogen) atoms. The van der Waals surface area contributed by atoms with Crippen molar-refractivity contribution in [3.05, 3.63) is 28.6 Å². The first-order valence-electron chi connectivity index (χ1n) is 5.37. The Labute approximate surface area is 98.1 Å². The van der Waals surface area contributed by atoms with Crippen molar-refractivity contribution in [1.82, 2.24) is 0 Å². The van der Waals surface area contributed by atoms with E-state index in [-0.39, 0.29) is 12.0 Å². The molecule has 0 amide bonds. The first-order chi connectivity index (χ1) is 7.79. The van der Waals surface area contributed by atoms with E-state index in [4.69, 9.17) is 5.11 Å². The summed E-state index contributed by atoms with van der Waals surface area (Å²) in [7, 11) is 0. The molecule has 1 rings (SSSR count). The van der Waals surface area contributed by atoms with Crippen LogP contribution in [0.3, 0.4) is 0 Å². The molecule has 0 heterocycles. The maximum atomic E-state index is 13.1. The number of phenols is 1. The number of benzene rings is 1. The van der Waals surface area contributed by atoms with Gasteiger partial charge in [-0.15, -0.1) is 0 Å². The van der Waals surface area contributed by atoms with Crippen LogP contribution in [0.2, 0.25) is 0 Å². The second-order valence-corrected chi connectivity index (χ2v) is 3.22. The topological polar surface area (TPSA) is 20.2 Å². The van der Waals surface area contributed by atoms with E-state index in [2.05, 4.69) is 0 Å². The summed E-state index contributed by atoms with van der Waals surface area (Å²) >= 11 is 0. The fourth-order valence-corrected chi connectivity index (χ4v) is 1.52. The number of halogens is 4. The summed E-state index contributed by atoms with van der Waals surface area (Å²) in [5.41, 5.74) is -1.64. The van der Waals surface area contributed by atoms with Crippen LogP contribution in [0.1, 0.15) is 37.5 Å². The van der Waals surface area contributed by atoms with Crippen LogP contribution in [0, 0.1) is 12.7 Å². The smallest absolute Gasteiger partial charge is 0.417 e. The first kappa shape index (κ1) is 15.7. The molecule has 0 aliphatic heterocycles. The molecule has 1 nitrogen and oxygen atoms in total. The Balaban J connectivity index is 0.00000121. The van der Waals surface area contributed by atoms with E-state index in [1.165, 1.54) is 6.92 Å². The molecule has 5 heteroatoms. The van der Waals surface area contributed by atoms with E-state index in [1.54, 1.807) is 0 Å². The standard InChI is InChI=1S/C10H10F4O.C2H6/c1-3-6-4-7(15)9(11)5(2)8(6)10(12,13)14;1-2/h4,15H,3H2,1-2H3;1-2H3. The van der Waals surface area contributed by atoms with Crippen LogP contribution in [-0.2, 0) is 12.6 Å². The van der Waals surface area contributed by atoms with Gasteiger partial charge >= 0.3 is 6.18 Å². The first-order valence-corrected chi connectivity index (χ1v) is 5.37. The van der Waals surface area contributed by atoms with Gasteiger partial charge in [0.2, 0.25) is 0 Å². The van der Waals surface area contributed by atoms with Crippen LogP contribution in [0.5, 0.6) is 5.75 Å². The molecule has 0 unspecified atom stereocenters. The maximum absolute atomic E-state index is 13.1. The molecule has 0 atom stereocenters. The van der Waals surface area contributed by atoms with E-state index < -0.39 is 28.9 Å².